The molecule has 0 aromatic carbocycles. The number of fused-ring (bicyclic) bond motifs is 1. The highest BCUT2D eigenvalue weighted by Gasteiger charge is 2.29. The molecule has 2 saturated heterocycles. The molecule has 4 heterocycles. The van der Waals surface area contributed by atoms with Gasteiger partial charge in [-0.2, -0.15) is 5.10 Å². The molecule has 2 aliphatic rings. The monoisotopic (exact) mass is 299 g/mol. The van der Waals surface area contributed by atoms with Crippen LogP contribution in [0.4, 0.5) is 0 Å². The molecule has 0 aliphatic carbocycles. The van der Waals surface area contributed by atoms with Gasteiger partial charge < -0.3 is 4.90 Å². The normalized spacial score (nSPS) is 25.8. The highest BCUT2D eigenvalue weighted by atomic mass is 15.2. The second kappa shape index (κ2) is 5.97. The fourth-order valence-corrected chi connectivity index (χ4v) is 4.01. The van der Waals surface area contributed by atoms with Crippen LogP contribution in [0.5, 0.6) is 0 Å². The first-order valence-electron chi connectivity index (χ1n) is 8.52. The van der Waals surface area contributed by atoms with Crippen LogP contribution in [0, 0.1) is 0 Å². The van der Waals surface area contributed by atoms with Crippen molar-refractivity contribution >= 4 is 11.0 Å². The molecule has 0 bridgehead atoms. The van der Waals surface area contributed by atoms with Crippen LogP contribution < -0.4 is 0 Å². The number of pyridine rings is 1. The van der Waals surface area contributed by atoms with Crippen LogP contribution in [-0.2, 0) is 0 Å². The highest BCUT2D eigenvalue weighted by Crippen LogP contribution is 2.29. The molecule has 1 N–H and O–H groups in total. The van der Waals surface area contributed by atoms with Gasteiger partial charge in [0, 0.05) is 29.6 Å². The highest BCUT2D eigenvalue weighted by molar-refractivity contribution is 5.73. The average molecular weight is 299 g/mol. The van der Waals surface area contributed by atoms with Gasteiger partial charge in [0.1, 0.15) is 0 Å². The van der Waals surface area contributed by atoms with Crippen molar-refractivity contribution in [2.24, 2.45) is 0 Å². The van der Waals surface area contributed by atoms with Gasteiger partial charge in [-0.3, -0.25) is 10.00 Å². The summed E-state index contributed by atoms with van der Waals surface area (Å²) in [5, 5.41) is 8.18. The van der Waals surface area contributed by atoms with E-state index in [1.165, 1.54) is 57.6 Å². The number of piperidine rings is 2. The number of H-pyrrole nitrogens is 1. The van der Waals surface area contributed by atoms with E-state index in [4.69, 9.17) is 4.98 Å². The molecule has 5 heteroatoms. The first-order chi connectivity index (χ1) is 10.8. The van der Waals surface area contributed by atoms with E-state index in [1.807, 2.05) is 6.20 Å². The van der Waals surface area contributed by atoms with Crippen molar-refractivity contribution in [3.8, 4) is 0 Å². The van der Waals surface area contributed by atoms with Crippen LogP contribution in [0.25, 0.3) is 11.0 Å². The SMILES string of the molecule is CN1CCC(N2CCCC(c3ccc4cn[nH]c4n3)C2)CC1. The maximum Gasteiger partial charge on any atom is 0.155 e. The molecule has 0 saturated carbocycles. The Bertz CT molecular complexity index is 629. The zero-order chi connectivity index (χ0) is 14.9. The topological polar surface area (TPSA) is 48.0 Å². The molecule has 0 amide bonds. The third kappa shape index (κ3) is 2.75. The average Bonchev–Trinajstić information content (AvgIpc) is 3.03. The van der Waals surface area contributed by atoms with Gasteiger partial charge in [-0.15, -0.1) is 0 Å². The quantitative estimate of drug-likeness (QED) is 0.924. The summed E-state index contributed by atoms with van der Waals surface area (Å²) in [6.45, 7) is 4.91. The number of hydrogen-bond acceptors (Lipinski definition) is 4. The summed E-state index contributed by atoms with van der Waals surface area (Å²) in [6.07, 6.45) is 7.03. The second-order valence-corrected chi connectivity index (χ2v) is 6.91. The van der Waals surface area contributed by atoms with Crippen LogP contribution in [0.1, 0.15) is 37.3 Å². The van der Waals surface area contributed by atoms with Crippen LogP contribution >= 0.6 is 0 Å². The summed E-state index contributed by atoms with van der Waals surface area (Å²) in [5.41, 5.74) is 2.16. The Morgan fingerprint density at radius 2 is 2.00 bits per heavy atom. The first kappa shape index (κ1) is 14.2. The molecule has 0 radical (unpaired) electrons. The zero-order valence-electron chi connectivity index (χ0n) is 13.3. The van der Waals surface area contributed by atoms with Crippen LogP contribution in [0.15, 0.2) is 18.3 Å². The number of nitrogens with zero attached hydrogens (tertiary/aromatic N) is 4. The van der Waals surface area contributed by atoms with Crippen LogP contribution in [0.2, 0.25) is 0 Å². The largest absolute Gasteiger partial charge is 0.306 e. The Kier molecular flexibility index (Phi) is 3.84. The van der Waals surface area contributed by atoms with Crippen molar-refractivity contribution in [2.75, 3.05) is 33.2 Å². The summed E-state index contributed by atoms with van der Waals surface area (Å²) < 4.78 is 0. The van der Waals surface area contributed by atoms with Crippen molar-refractivity contribution in [1.82, 2.24) is 25.0 Å². The Morgan fingerprint density at radius 3 is 2.86 bits per heavy atom. The molecule has 22 heavy (non-hydrogen) atoms. The van der Waals surface area contributed by atoms with Gasteiger partial charge in [-0.1, -0.05) is 0 Å². The van der Waals surface area contributed by atoms with E-state index in [0.29, 0.717) is 5.92 Å². The van der Waals surface area contributed by atoms with Crippen molar-refractivity contribution in [3.05, 3.63) is 24.0 Å². The lowest BCUT2D eigenvalue weighted by molar-refractivity contribution is 0.0934. The lowest BCUT2D eigenvalue weighted by atomic mass is 9.91. The van der Waals surface area contributed by atoms with E-state index in [9.17, 15) is 0 Å². The maximum atomic E-state index is 4.80. The van der Waals surface area contributed by atoms with Gasteiger partial charge in [0.25, 0.3) is 0 Å². The zero-order valence-corrected chi connectivity index (χ0v) is 13.3. The van der Waals surface area contributed by atoms with Gasteiger partial charge in [-0.05, 0) is 64.5 Å². The van der Waals surface area contributed by atoms with Crippen LogP contribution in [0.3, 0.4) is 0 Å². The number of nitrogens with one attached hydrogen (secondary N) is 1. The van der Waals surface area contributed by atoms with Gasteiger partial charge in [0.15, 0.2) is 5.65 Å². The van der Waals surface area contributed by atoms with Gasteiger partial charge >= 0.3 is 0 Å². The second-order valence-electron chi connectivity index (χ2n) is 6.91. The Hall–Kier alpha value is -1.46. The van der Waals surface area contributed by atoms with E-state index in [1.54, 1.807) is 0 Å². The summed E-state index contributed by atoms with van der Waals surface area (Å²) >= 11 is 0. The minimum absolute atomic E-state index is 0.570. The Labute approximate surface area is 131 Å². The summed E-state index contributed by atoms with van der Waals surface area (Å²) in [6, 6.07) is 5.12. The number of aromatic amines is 1. The van der Waals surface area contributed by atoms with E-state index in [0.717, 1.165) is 17.1 Å². The first-order valence-corrected chi connectivity index (χ1v) is 8.52. The molecule has 2 aromatic rings. The molecule has 2 aromatic heterocycles. The minimum Gasteiger partial charge on any atom is -0.306 e. The van der Waals surface area contributed by atoms with E-state index < -0.39 is 0 Å². The van der Waals surface area contributed by atoms with Crippen molar-refractivity contribution in [2.45, 2.75) is 37.6 Å². The van der Waals surface area contributed by atoms with E-state index in [-0.39, 0.29) is 0 Å². The maximum absolute atomic E-state index is 4.80. The third-order valence-electron chi connectivity index (χ3n) is 5.40. The van der Waals surface area contributed by atoms with Gasteiger partial charge in [0.05, 0.1) is 6.20 Å². The minimum atomic E-state index is 0.570. The Balaban J connectivity index is 1.48. The van der Waals surface area contributed by atoms with E-state index >= 15 is 0 Å². The molecule has 1 unspecified atom stereocenters. The van der Waals surface area contributed by atoms with E-state index in [2.05, 4.69) is 39.2 Å². The van der Waals surface area contributed by atoms with Gasteiger partial charge in [-0.25, -0.2) is 4.98 Å². The van der Waals surface area contributed by atoms with Crippen LogP contribution in [-0.4, -0.2) is 64.2 Å². The third-order valence-corrected chi connectivity index (χ3v) is 5.40. The molecule has 5 nitrogen and oxygen atoms in total. The van der Waals surface area contributed by atoms with Gasteiger partial charge in [0.2, 0.25) is 0 Å². The lowest BCUT2D eigenvalue weighted by Gasteiger charge is -2.41. The summed E-state index contributed by atoms with van der Waals surface area (Å²) in [7, 11) is 2.23. The van der Waals surface area contributed by atoms with Crippen molar-refractivity contribution in [3.63, 3.8) is 0 Å². The molecular weight excluding hydrogens is 274 g/mol. The van der Waals surface area contributed by atoms with Crippen molar-refractivity contribution < 1.29 is 0 Å². The smallest absolute Gasteiger partial charge is 0.155 e. The number of hydrogen-bond donors (Lipinski definition) is 1. The lowest BCUT2D eigenvalue weighted by Crippen LogP contribution is -2.47. The summed E-state index contributed by atoms with van der Waals surface area (Å²) in [5.74, 6) is 0.570. The fourth-order valence-electron chi connectivity index (χ4n) is 4.01. The molecule has 2 fully saturated rings. The molecule has 0 spiro atoms. The fraction of sp³-hybridized carbons (Fsp3) is 0.647. The predicted octanol–water partition coefficient (Wildman–Crippen LogP) is 2.23. The predicted molar refractivity (Wildman–Crippen MR) is 88.0 cm³/mol. The van der Waals surface area contributed by atoms with Crippen molar-refractivity contribution in [1.29, 1.82) is 0 Å². The number of aromatic nitrogens is 3. The molecule has 4 rings (SSSR count). The number of likely N-dealkylation sites (tertiary alicyclic amines) is 2. The molecule has 118 valence electrons. The molecular formula is C17H25N5. The molecule has 2 aliphatic heterocycles. The summed E-state index contributed by atoms with van der Waals surface area (Å²) in [4.78, 5) is 9.97. The standard InChI is InChI=1S/C17H25N5/c1-21-9-6-15(7-10-21)22-8-2-3-14(12-22)16-5-4-13-11-18-20-17(13)19-16/h4-5,11,14-15H,2-3,6-10,12H2,1H3,(H,18,19,20). The Morgan fingerprint density at radius 1 is 1.14 bits per heavy atom. The number of rotatable bonds is 2. The molecule has 1 atom stereocenters.